The van der Waals surface area contributed by atoms with E-state index in [2.05, 4.69) is 10.3 Å². The zero-order valence-corrected chi connectivity index (χ0v) is 16.7. The number of primary amides is 1. The first-order valence-electron chi connectivity index (χ1n) is 9.74. The monoisotopic (exact) mass is 433 g/mol. The lowest BCUT2D eigenvalue weighted by Gasteiger charge is -2.19. The van der Waals surface area contributed by atoms with Crippen molar-refractivity contribution in [2.75, 3.05) is 23.4 Å². The van der Waals surface area contributed by atoms with Gasteiger partial charge in [0.1, 0.15) is 30.3 Å². The van der Waals surface area contributed by atoms with E-state index in [4.69, 9.17) is 15.2 Å². The summed E-state index contributed by atoms with van der Waals surface area (Å²) in [6.07, 6.45) is -0.456. The maximum atomic E-state index is 13.5. The molecule has 1 saturated heterocycles. The third-order valence-corrected chi connectivity index (χ3v) is 5.16. The van der Waals surface area contributed by atoms with E-state index in [1.54, 1.807) is 37.3 Å². The van der Waals surface area contributed by atoms with E-state index in [9.17, 15) is 18.4 Å². The second-order valence-corrected chi connectivity index (χ2v) is 7.29. The number of rotatable bonds is 5. The molecule has 0 saturated carbocycles. The lowest BCUT2D eigenvalue weighted by atomic mass is 10.1. The van der Waals surface area contributed by atoms with Crippen LogP contribution in [0.25, 0.3) is 11.4 Å². The van der Waals surface area contributed by atoms with Gasteiger partial charge in [0.2, 0.25) is 5.91 Å². The minimum Gasteiger partial charge on any atom is -0.493 e. The first-order chi connectivity index (χ1) is 14.9. The molecule has 3 N–H and O–H groups in total. The lowest BCUT2D eigenvalue weighted by molar-refractivity contribution is -0.118. The Labute approximate surface area is 176 Å². The van der Waals surface area contributed by atoms with Gasteiger partial charge in [-0.1, -0.05) is 0 Å². The first-order valence-corrected chi connectivity index (χ1v) is 9.74. The molecule has 0 aliphatic carbocycles. The Bertz CT molecular complexity index is 1050. The van der Waals surface area contributed by atoms with Crippen LogP contribution in [-0.2, 0) is 20.9 Å². The average Bonchev–Trinajstić information content (AvgIpc) is 3.33. The number of nitrogens with two attached hydrogens (primary N) is 1. The number of carbonyl (C=O) groups excluding carboxylic acids is 2. The Kier molecular flexibility index (Phi) is 5.51. The number of aryl methyl sites for hydroxylation is 1. The van der Waals surface area contributed by atoms with Crippen molar-refractivity contribution in [1.29, 1.82) is 0 Å². The van der Waals surface area contributed by atoms with E-state index >= 15 is 0 Å². The quantitative estimate of drug-likeness (QED) is 0.691. The van der Waals surface area contributed by atoms with E-state index in [0.717, 1.165) is 4.90 Å². The number of aromatic nitrogens is 2. The van der Waals surface area contributed by atoms with Gasteiger partial charge in [-0.15, -0.1) is 0 Å². The second-order valence-electron chi connectivity index (χ2n) is 7.29. The minimum atomic E-state index is -2.73. The van der Waals surface area contributed by atoms with Crippen LogP contribution in [0.2, 0.25) is 0 Å². The second kappa shape index (κ2) is 8.27. The number of hydrogen-bond acceptors (Lipinski definition) is 7. The van der Waals surface area contributed by atoms with Crippen LogP contribution in [0.15, 0.2) is 30.3 Å². The normalized spacial score (nSPS) is 18.8. The van der Waals surface area contributed by atoms with Gasteiger partial charge in [0, 0.05) is 24.5 Å². The summed E-state index contributed by atoms with van der Waals surface area (Å²) >= 11 is 0. The van der Waals surface area contributed by atoms with Crippen LogP contribution in [0.5, 0.6) is 5.75 Å². The Balaban J connectivity index is 1.73. The zero-order valence-electron chi connectivity index (χ0n) is 16.7. The number of anilines is 2. The molecule has 1 aromatic heterocycles. The molecule has 0 bridgehead atoms. The highest BCUT2D eigenvalue weighted by Crippen LogP contribution is 2.37. The van der Waals surface area contributed by atoms with Gasteiger partial charge in [-0.25, -0.2) is 18.6 Å². The molecule has 1 amide bonds. The van der Waals surface area contributed by atoms with Crippen molar-refractivity contribution in [2.45, 2.75) is 38.4 Å². The summed E-state index contributed by atoms with van der Waals surface area (Å²) < 4.78 is 39.8. The molecule has 164 valence electrons. The van der Waals surface area contributed by atoms with Crippen molar-refractivity contribution in [2.24, 2.45) is 5.73 Å². The summed E-state index contributed by atoms with van der Waals surface area (Å²) in [5, 5.41) is 3.00. The topological polar surface area (TPSA) is 112 Å². The third kappa shape index (κ3) is 3.91. The Hall–Kier alpha value is -3.59. The van der Waals surface area contributed by atoms with Crippen molar-refractivity contribution in [1.82, 2.24) is 9.55 Å². The summed E-state index contributed by atoms with van der Waals surface area (Å²) in [5.41, 5.74) is 6.59. The number of hydrogen-bond donors (Lipinski definition) is 2. The molecular formula is C20H21F2N5O4. The maximum Gasteiger partial charge on any atom is 0.284 e. The number of fused-ring (bicyclic) bond motifs is 3. The SMILES string of the molecule is CC(Nc1ccc2c(c1)OCCCn1cc(N3C(=C=O)OC[C@H]3C(F)F)nc1-2)C(N)=O. The molecule has 9 nitrogen and oxygen atoms in total. The predicted molar refractivity (Wildman–Crippen MR) is 107 cm³/mol. The number of nitrogens with zero attached hydrogens (tertiary/aromatic N) is 3. The largest absolute Gasteiger partial charge is 0.493 e. The molecule has 4 rings (SSSR count). The summed E-state index contributed by atoms with van der Waals surface area (Å²) in [6, 6.07) is 3.35. The van der Waals surface area contributed by atoms with Crippen LogP contribution in [0.1, 0.15) is 13.3 Å². The molecule has 11 heteroatoms. The van der Waals surface area contributed by atoms with Gasteiger partial charge >= 0.3 is 0 Å². The number of imidazole rings is 1. The van der Waals surface area contributed by atoms with Gasteiger partial charge in [0.25, 0.3) is 12.3 Å². The number of amides is 1. The average molecular weight is 433 g/mol. The van der Waals surface area contributed by atoms with Gasteiger partial charge in [0.15, 0.2) is 11.8 Å². The molecule has 2 aliphatic heterocycles. The van der Waals surface area contributed by atoms with Crippen LogP contribution in [-0.4, -0.2) is 53.1 Å². The number of benzene rings is 1. The highest BCUT2D eigenvalue weighted by molar-refractivity contribution is 5.83. The summed E-state index contributed by atoms with van der Waals surface area (Å²) in [4.78, 5) is 28.2. The fourth-order valence-electron chi connectivity index (χ4n) is 3.55. The van der Waals surface area contributed by atoms with E-state index in [0.29, 0.717) is 42.4 Å². The molecule has 0 spiro atoms. The minimum absolute atomic E-state index is 0.175. The molecule has 2 atom stereocenters. The van der Waals surface area contributed by atoms with Crippen molar-refractivity contribution in [3.63, 3.8) is 0 Å². The van der Waals surface area contributed by atoms with Gasteiger partial charge in [-0.3, -0.25) is 9.69 Å². The highest BCUT2D eigenvalue weighted by atomic mass is 19.3. The summed E-state index contributed by atoms with van der Waals surface area (Å²) in [6.45, 7) is 2.31. The number of nitrogens with one attached hydrogen (secondary N) is 1. The fourth-order valence-corrected chi connectivity index (χ4v) is 3.55. The summed E-state index contributed by atoms with van der Waals surface area (Å²) in [5.74, 6) is 1.97. The third-order valence-electron chi connectivity index (χ3n) is 5.16. The Morgan fingerprint density at radius 2 is 2.19 bits per heavy atom. The highest BCUT2D eigenvalue weighted by Gasteiger charge is 2.40. The first kappa shape index (κ1) is 20.7. The Morgan fingerprint density at radius 1 is 1.39 bits per heavy atom. The number of ether oxygens (including phenoxy) is 2. The van der Waals surface area contributed by atoms with Gasteiger partial charge in [-0.2, -0.15) is 0 Å². The maximum absolute atomic E-state index is 13.5. The molecule has 1 fully saturated rings. The van der Waals surface area contributed by atoms with Gasteiger partial charge in [-0.05, 0) is 25.5 Å². The lowest BCUT2D eigenvalue weighted by Crippen LogP contribution is -2.36. The molecule has 2 aliphatic rings. The smallest absolute Gasteiger partial charge is 0.284 e. The molecular weight excluding hydrogens is 412 g/mol. The van der Waals surface area contributed by atoms with E-state index in [1.165, 1.54) is 0 Å². The molecule has 0 radical (unpaired) electrons. The number of alkyl halides is 2. The molecule has 1 aromatic carbocycles. The van der Waals surface area contributed by atoms with E-state index < -0.39 is 24.4 Å². The molecule has 2 aromatic rings. The van der Waals surface area contributed by atoms with E-state index in [-0.39, 0.29) is 18.3 Å². The van der Waals surface area contributed by atoms with Crippen LogP contribution in [0, 0.1) is 0 Å². The van der Waals surface area contributed by atoms with Crippen molar-refractivity contribution >= 4 is 23.4 Å². The van der Waals surface area contributed by atoms with Gasteiger partial charge < -0.3 is 25.1 Å². The van der Waals surface area contributed by atoms with Crippen LogP contribution < -0.4 is 20.7 Å². The zero-order chi connectivity index (χ0) is 22.1. The fraction of sp³-hybridized carbons (Fsp3) is 0.400. The van der Waals surface area contributed by atoms with E-state index in [1.807, 2.05) is 4.57 Å². The number of halogens is 2. The van der Waals surface area contributed by atoms with Crippen molar-refractivity contribution in [3.05, 3.63) is 30.3 Å². The standard InChI is InChI=1S/C20H21F2N5O4/c1-11(19(23)29)24-12-3-4-13-15(7-12)30-6-2-5-26-8-16(25-20(13)26)27-14(18(21)22)10-31-17(27)9-28/h3-4,7-8,11,14,18,24H,2,5-6,10H2,1H3,(H2,23,29)/t11?,14-/m0/s1. The van der Waals surface area contributed by atoms with Crippen molar-refractivity contribution < 1.29 is 27.8 Å². The van der Waals surface area contributed by atoms with Gasteiger partial charge in [0.05, 0.1) is 12.2 Å². The van der Waals surface area contributed by atoms with Crippen molar-refractivity contribution in [3.8, 4) is 17.1 Å². The number of carbonyl (C=O) groups is 1. The van der Waals surface area contributed by atoms with Crippen LogP contribution >= 0.6 is 0 Å². The van der Waals surface area contributed by atoms with Crippen LogP contribution in [0.4, 0.5) is 20.3 Å². The summed E-state index contributed by atoms with van der Waals surface area (Å²) in [7, 11) is 0. The molecule has 3 heterocycles. The molecule has 1 unspecified atom stereocenters. The Morgan fingerprint density at radius 3 is 2.90 bits per heavy atom. The molecule has 31 heavy (non-hydrogen) atoms. The van der Waals surface area contributed by atoms with Crippen LogP contribution in [0.3, 0.4) is 0 Å². The predicted octanol–water partition coefficient (Wildman–Crippen LogP) is 1.76.